The molecule has 7 heteroatoms. The van der Waals surface area contributed by atoms with Crippen LogP contribution in [0.2, 0.25) is 0 Å². The third-order valence-corrected chi connectivity index (χ3v) is 4.28. The molecule has 0 amide bonds. The molecule has 146 valence electrons. The van der Waals surface area contributed by atoms with E-state index in [-0.39, 0.29) is 18.2 Å². The highest BCUT2D eigenvalue weighted by molar-refractivity contribution is 5.99. The van der Waals surface area contributed by atoms with E-state index in [0.717, 1.165) is 0 Å². The van der Waals surface area contributed by atoms with Gasteiger partial charge in [-0.3, -0.25) is 0 Å². The summed E-state index contributed by atoms with van der Waals surface area (Å²) in [5.41, 5.74) is 8.80. The van der Waals surface area contributed by atoms with Crippen LogP contribution in [0.3, 0.4) is 0 Å². The predicted octanol–water partition coefficient (Wildman–Crippen LogP) is 3.64. The van der Waals surface area contributed by atoms with E-state index in [0.29, 0.717) is 33.7 Å². The highest BCUT2D eigenvalue weighted by Crippen LogP contribution is 2.36. The molecule has 1 aromatic heterocycles. The third kappa shape index (κ3) is 4.03. The standard InChI is InChI=1S/C22H19N3O4/c1-27-13-29-20-10-6-5-9-16(20)19-11-17(18(12-23)21(24)25-19)14-7-3-4-8-15(14)22(26)28-2/h3-11H,13H2,1-2H3,(H2,24,25). The van der Waals surface area contributed by atoms with Crippen molar-refractivity contribution in [2.45, 2.75) is 0 Å². The Morgan fingerprint density at radius 1 is 1.07 bits per heavy atom. The van der Waals surface area contributed by atoms with Crippen molar-refractivity contribution in [2.24, 2.45) is 0 Å². The zero-order valence-electron chi connectivity index (χ0n) is 16.0. The fourth-order valence-electron chi connectivity index (χ4n) is 2.97. The van der Waals surface area contributed by atoms with E-state index in [1.165, 1.54) is 14.2 Å². The average molecular weight is 389 g/mol. The fourth-order valence-corrected chi connectivity index (χ4v) is 2.97. The van der Waals surface area contributed by atoms with Gasteiger partial charge in [0.05, 0.1) is 18.4 Å². The van der Waals surface area contributed by atoms with Crippen molar-refractivity contribution >= 4 is 11.8 Å². The number of rotatable bonds is 6. The zero-order chi connectivity index (χ0) is 20.8. The van der Waals surface area contributed by atoms with Crippen LogP contribution in [0.5, 0.6) is 5.75 Å². The maximum atomic E-state index is 12.2. The van der Waals surface area contributed by atoms with Crippen LogP contribution in [0.25, 0.3) is 22.4 Å². The van der Waals surface area contributed by atoms with Gasteiger partial charge in [0.2, 0.25) is 0 Å². The summed E-state index contributed by atoms with van der Waals surface area (Å²) in [7, 11) is 2.84. The normalized spacial score (nSPS) is 10.2. The molecule has 7 nitrogen and oxygen atoms in total. The van der Waals surface area contributed by atoms with E-state index in [9.17, 15) is 10.1 Å². The van der Waals surface area contributed by atoms with E-state index < -0.39 is 5.97 Å². The molecule has 1 heterocycles. The minimum atomic E-state index is -0.509. The molecule has 2 aromatic carbocycles. The Morgan fingerprint density at radius 3 is 2.45 bits per heavy atom. The second-order valence-electron chi connectivity index (χ2n) is 6.01. The number of nitrogens with zero attached hydrogens (tertiary/aromatic N) is 2. The number of ether oxygens (including phenoxy) is 3. The third-order valence-electron chi connectivity index (χ3n) is 4.28. The molecule has 3 rings (SSSR count). The molecular formula is C22H19N3O4. The van der Waals surface area contributed by atoms with Crippen molar-refractivity contribution in [3.8, 4) is 34.2 Å². The van der Waals surface area contributed by atoms with Gasteiger partial charge in [-0.05, 0) is 29.8 Å². The molecule has 0 spiro atoms. The van der Waals surface area contributed by atoms with E-state index in [2.05, 4.69) is 11.1 Å². The number of carbonyl (C=O) groups is 1. The van der Waals surface area contributed by atoms with E-state index in [1.807, 2.05) is 18.2 Å². The van der Waals surface area contributed by atoms with E-state index in [4.69, 9.17) is 19.9 Å². The molecule has 2 N–H and O–H groups in total. The fraction of sp³-hybridized carbons (Fsp3) is 0.136. The number of methoxy groups -OCH3 is 2. The summed E-state index contributed by atoms with van der Waals surface area (Å²) in [6.07, 6.45) is 0. The van der Waals surface area contributed by atoms with Gasteiger partial charge in [-0.1, -0.05) is 30.3 Å². The average Bonchev–Trinajstić information content (AvgIpc) is 2.76. The van der Waals surface area contributed by atoms with Crippen LogP contribution in [0.4, 0.5) is 5.82 Å². The molecule has 0 unspecified atom stereocenters. The lowest BCUT2D eigenvalue weighted by Gasteiger charge is -2.15. The molecule has 0 radical (unpaired) electrons. The van der Waals surface area contributed by atoms with Crippen LogP contribution in [0, 0.1) is 11.3 Å². The van der Waals surface area contributed by atoms with Gasteiger partial charge in [0, 0.05) is 18.2 Å². The highest BCUT2D eigenvalue weighted by atomic mass is 16.7. The summed E-state index contributed by atoms with van der Waals surface area (Å²) >= 11 is 0. The van der Waals surface area contributed by atoms with Gasteiger partial charge in [0.15, 0.2) is 6.79 Å². The first kappa shape index (κ1) is 19.9. The molecule has 0 aliphatic heterocycles. The summed E-state index contributed by atoms with van der Waals surface area (Å²) in [5.74, 6) is 0.102. The Kier molecular flexibility index (Phi) is 6.07. The molecule has 0 saturated heterocycles. The number of nitriles is 1. The van der Waals surface area contributed by atoms with Crippen LogP contribution < -0.4 is 10.5 Å². The molecule has 29 heavy (non-hydrogen) atoms. The number of hydrogen-bond acceptors (Lipinski definition) is 7. The summed E-state index contributed by atoms with van der Waals surface area (Å²) in [5, 5.41) is 9.65. The summed E-state index contributed by atoms with van der Waals surface area (Å²) in [4.78, 5) is 16.6. The minimum absolute atomic E-state index is 0.0567. The Labute approximate surface area is 168 Å². The second kappa shape index (κ2) is 8.87. The topological polar surface area (TPSA) is 107 Å². The van der Waals surface area contributed by atoms with Gasteiger partial charge < -0.3 is 19.9 Å². The number of benzene rings is 2. The lowest BCUT2D eigenvalue weighted by atomic mass is 9.94. The first-order chi connectivity index (χ1) is 14.1. The molecular weight excluding hydrogens is 370 g/mol. The van der Waals surface area contributed by atoms with Crippen molar-refractivity contribution in [1.82, 2.24) is 4.98 Å². The predicted molar refractivity (Wildman–Crippen MR) is 108 cm³/mol. The van der Waals surface area contributed by atoms with Crippen LogP contribution in [0.15, 0.2) is 54.6 Å². The van der Waals surface area contributed by atoms with Gasteiger partial charge in [0.1, 0.15) is 23.2 Å². The monoisotopic (exact) mass is 389 g/mol. The Morgan fingerprint density at radius 2 is 1.76 bits per heavy atom. The number of hydrogen-bond donors (Lipinski definition) is 1. The smallest absolute Gasteiger partial charge is 0.338 e. The number of anilines is 1. The molecule has 0 aliphatic carbocycles. The molecule has 3 aromatic rings. The van der Waals surface area contributed by atoms with Crippen molar-refractivity contribution < 1.29 is 19.0 Å². The SMILES string of the molecule is COCOc1ccccc1-c1cc(-c2ccccc2C(=O)OC)c(C#N)c(N)n1. The van der Waals surface area contributed by atoms with Gasteiger partial charge >= 0.3 is 5.97 Å². The minimum Gasteiger partial charge on any atom is -0.467 e. The number of aromatic nitrogens is 1. The van der Waals surface area contributed by atoms with Crippen molar-refractivity contribution in [1.29, 1.82) is 5.26 Å². The first-order valence-corrected chi connectivity index (χ1v) is 8.70. The van der Waals surface area contributed by atoms with Gasteiger partial charge in [0.25, 0.3) is 0 Å². The number of nitrogens with two attached hydrogens (primary N) is 1. The molecule has 0 saturated carbocycles. The van der Waals surface area contributed by atoms with Gasteiger partial charge in [-0.25, -0.2) is 9.78 Å². The van der Waals surface area contributed by atoms with Crippen molar-refractivity contribution in [3.05, 3.63) is 65.7 Å². The molecule has 0 fully saturated rings. The second-order valence-corrected chi connectivity index (χ2v) is 6.01. The number of para-hydroxylation sites is 1. The largest absolute Gasteiger partial charge is 0.467 e. The number of pyridine rings is 1. The van der Waals surface area contributed by atoms with E-state index in [1.54, 1.807) is 36.4 Å². The number of carbonyl (C=O) groups excluding carboxylic acids is 1. The van der Waals surface area contributed by atoms with Crippen LogP contribution >= 0.6 is 0 Å². The van der Waals surface area contributed by atoms with Gasteiger partial charge in [-0.2, -0.15) is 5.26 Å². The van der Waals surface area contributed by atoms with Crippen LogP contribution in [-0.4, -0.2) is 32.0 Å². The Hall–Kier alpha value is -3.89. The van der Waals surface area contributed by atoms with Crippen LogP contribution in [-0.2, 0) is 9.47 Å². The lowest BCUT2D eigenvalue weighted by Crippen LogP contribution is -2.06. The quantitative estimate of drug-likeness (QED) is 0.506. The van der Waals surface area contributed by atoms with Crippen molar-refractivity contribution in [2.75, 3.05) is 26.7 Å². The summed E-state index contributed by atoms with van der Waals surface area (Å²) in [6, 6.07) is 17.9. The zero-order valence-corrected chi connectivity index (χ0v) is 16.0. The highest BCUT2D eigenvalue weighted by Gasteiger charge is 2.20. The lowest BCUT2D eigenvalue weighted by molar-refractivity contribution is 0.0515. The summed E-state index contributed by atoms with van der Waals surface area (Å²) < 4.78 is 15.5. The Bertz CT molecular complexity index is 1090. The maximum Gasteiger partial charge on any atom is 0.338 e. The Balaban J connectivity index is 2.24. The van der Waals surface area contributed by atoms with Crippen molar-refractivity contribution in [3.63, 3.8) is 0 Å². The first-order valence-electron chi connectivity index (χ1n) is 8.70. The van der Waals surface area contributed by atoms with E-state index >= 15 is 0 Å². The maximum absolute atomic E-state index is 12.2. The molecule has 0 atom stereocenters. The molecule has 0 bridgehead atoms. The molecule has 0 aliphatic rings. The number of esters is 1. The van der Waals surface area contributed by atoms with Gasteiger partial charge in [-0.15, -0.1) is 0 Å². The number of nitrogen functional groups attached to an aromatic ring is 1. The van der Waals surface area contributed by atoms with Crippen LogP contribution in [0.1, 0.15) is 15.9 Å². The summed E-state index contributed by atoms with van der Waals surface area (Å²) in [6.45, 7) is 0.0702.